The maximum Gasteiger partial charge on any atom is 0.344 e. The number of aryl methyl sites for hydroxylation is 1. The Morgan fingerprint density at radius 1 is 1.29 bits per heavy atom. The van der Waals surface area contributed by atoms with Crippen LogP contribution in [0.3, 0.4) is 0 Å². The number of benzene rings is 2. The molecular formula is C22H20INO5S2. The molecule has 2 aromatic rings. The number of hydrogen-bond donors (Lipinski definition) is 0. The fraction of sp³-hybridized carbons (Fsp3) is 0.227. The molecule has 0 spiro atoms. The highest BCUT2D eigenvalue weighted by atomic mass is 127. The predicted octanol–water partition coefficient (Wildman–Crippen LogP) is 4.96. The molecule has 0 saturated carbocycles. The van der Waals surface area contributed by atoms with Crippen molar-refractivity contribution in [3.05, 3.63) is 56.0 Å². The first-order chi connectivity index (χ1) is 14.8. The smallest absolute Gasteiger partial charge is 0.344 e. The van der Waals surface area contributed by atoms with Crippen molar-refractivity contribution in [1.82, 2.24) is 0 Å². The third kappa shape index (κ3) is 5.39. The van der Waals surface area contributed by atoms with Gasteiger partial charge >= 0.3 is 5.97 Å². The largest absolute Gasteiger partial charge is 0.493 e. The van der Waals surface area contributed by atoms with Gasteiger partial charge in [-0.3, -0.25) is 9.69 Å². The molecule has 6 nitrogen and oxygen atoms in total. The summed E-state index contributed by atoms with van der Waals surface area (Å²) in [5, 5.41) is 0. The molecule has 162 valence electrons. The van der Waals surface area contributed by atoms with Crippen LogP contribution in [-0.4, -0.2) is 36.5 Å². The fourth-order valence-electron chi connectivity index (χ4n) is 2.94. The Balaban J connectivity index is 1.87. The average molecular weight is 569 g/mol. The van der Waals surface area contributed by atoms with E-state index in [9.17, 15) is 9.59 Å². The Morgan fingerprint density at radius 2 is 2.03 bits per heavy atom. The monoisotopic (exact) mass is 569 g/mol. The van der Waals surface area contributed by atoms with Crippen LogP contribution in [0.25, 0.3) is 6.08 Å². The quantitative estimate of drug-likeness (QED) is 0.202. The van der Waals surface area contributed by atoms with Crippen molar-refractivity contribution in [2.45, 2.75) is 13.8 Å². The predicted molar refractivity (Wildman–Crippen MR) is 135 cm³/mol. The lowest BCUT2D eigenvalue weighted by molar-refractivity contribution is -0.145. The number of nitrogens with zero attached hydrogens (tertiary/aromatic N) is 1. The van der Waals surface area contributed by atoms with E-state index in [0.717, 1.165) is 20.4 Å². The topological polar surface area (TPSA) is 65.1 Å². The number of ether oxygens (including phenoxy) is 3. The van der Waals surface area contributed by atoms with Gasteiger partial charge in [-0.25, -0.2) is 4.79 Å². The van der Waals surface area contributed by atoms with E-state index in [0.29, 0.717) is 20.7 Å². The second kappa shape index (κ2) is 10.5. The van der Waals surface area contributed by atoms with Crippen molar-refractivity contribution >= 4 is 74.5 Å². The fourth-order valence-corrected chi connectivity index (χ4v) is 5.00. The minimum Gasteiger partial charge on any atom is -0.493 e. The third-order valence-corrected chi connectivity index (χ3v) is 6.44. The lowest BCUT2D eigenvalue weighted by atomic mass is 10.1. The molecule has 1 heterocycles. The SMILES string of the molecule is CCOC(=O)COc1c(I)cc(/C=C2/SC(=S)N(c3ccccc3C)C2=O)cc1OC. The summed E-state index contributed by atoms with van der Waals surface area (Å²) in [5.41, 5.74) is 2.51. The van der Waals surface area contributed by atoms with Crippen molar-refractivity contribution in [2.24, 2.45) is 0 Å². The molecule has 1 aliphatic rings. The molecular weight excluding hydrogens is 549 g/mol. The Morgan fingerprint density at radius 3 is 2.71 bits per heavy atom. The molecule has 0 bridgehead atoms. The zero-order chi connectivity index (χ0) is 22.5. The number of para-hydroxylation sites is 1. The van der Waals surface area contributed by atoms with Gasteiger partial charge in [0.05, 0.1) is 27.9 Å². The minimum absolute atomic E-state index is 0.166. The summed E-state index contributed by atoms with van der Waals surface area (Å²) >= 11 is 8.82. The van der Waals surface area contributed by atoms with Gasteiger partial charge < -0.3 is 14.2 Å². The number of rotatable bonds is 7. The van der Waals surface area contributed by atoms with Crippen LogP contribution in [-0.2, 0) is 14.3 Å². The van der Waals surface area contributed by atoms with Crippen molar-refractivity contribution in [1.29, 1.82) is 0 Å². The number of amides is 1. The molecule has 0 aliphatic carbocycles. The molecule has 0 N–H and O–H groups in total. The summed E-state index contributed by atoms with van der Waals surface area (Å²) in [5.74, 6) is 0.280. The van der Waals surface area contributed by atoms with E-state index >= 15 is 0 Å². The van der Waals surface area contributed by atoms with Crippen LogP contribution in [0.15, 0.2) is 41.3 Å². The van der Waals surface area contributed by atoms with E-state index < -0.39 is 5.97 Å². The summed E-state index contributed by atoms with van der Waals surface area (Å²) in [7, 11) is 1.52. The summed E-state index contributed by atoms with van der Waals surface area (Å²) in [6, 6.07) is 11.2. The zero-order valence-electron chi connectivity index (χ0n) is 17.1. The number of esters is 1. The van der Waals surface area contributed by atoms with E-state index in [2.05, 4.69) is 22.6 Å². The maximum absolute atomic E-state index is 13.1. The van der Waals surface area contributed by atoms with E-state index in [1.807, 2.05) is 37.3 Å². The van der Waals surface area contributed by atoms with Gasteiger partial charge in [0.1, 0.15) is 0 Å². The number of halogens is 1. The second-order valence-corrected chi connectivity index (χ2v) is 9.27. The van der Waals surface area contributed by atoms with E-state index in [4.69, 9.17) is 26.4 Å². The van der Waals surface area contributed by atoms with Gasteiger partial charge in [0, 0.05) is 0 Å². The number of carbonyl (C=O) groups is 2. The van der Waals surface area contributed by atoms with Crippen LogP contribution in [0.5, 0.6) is 11.5 Å². The van der Waals surface area contributed by atoms with Crippen LogP contribution in [0.2, 0.25) is 0 Å². The molecule has 31 heavy (non-hydrogen) atoms. The molecule has 9 heteroatoms. The number of carbonyl (C=O) groups excluding carboxylic acids is 2. The van der Waals surface area contributed by atoms with Crippen LogP contribution in [0.4, 0.5) is 5.69 Å². The Labute approximate surface area is 204 Å². The highest BCUT2D eigenvalue weighted by molar-refractivity contribution is 14.1. The molecule has 0 aromatic heterocycles. The van der Waals surface area contributed by atoms with Gasteiger partial charge in [-0.05, 0) is 71.8 Å². The third-order valence-electron chi connectivity index (χ3n) is 4.34. The Bertz CT molecular complexity index is 1070. The summed E-state index contributed by atoms with van der Waals surface area (Å²) in [6.07, 6.45) is 1.78. The molecule has 0 atom stereocenters. The first-order valence-electron chi connectivity index (χ1n) is 9.35. The van der Waals surface area contributed by atoms with Crippen LogP contribution in [0, 0.1) is 10.5 Å². The van der Waals surface area contributed by atoms with Gasteiger partial charge in [-0.15, -0.1) is 0 Å². The first kappa shape index (κ1) is 23.6. The number of thioether (sulfide) groups is 1. The molecule has 1 aliphatic heterocycles. The van der Waals surface area contributed by atoms with Crippen molar-refractivity contribution in [3.8, 4) is 11.5 Å². The summed E-state index contributed by atoms with van der Waals surface area (Å²) < 4.78 is 17.2. The van der Waals surface area contributed by atoms with E-state index in [1.165, 1.54) is 18.9 Å². The lowest BCUT2D eigenvalue weighted by Gasteiger charge is -2.16. The molecule has 0 unspecified atom stereocenters. The number of hydrogen-bond acceptors (Lipinski definition) is 7. The van der Waals surface area contributed by atoms with Gasteiger partial charge in [0.15, 0.2) is 22.4 Å². The summed E-state index contributed by atoms with van der Waals surface area (Å²) in [4.78, 5) is 26.7. The average Bonchev–Trinajstić information content (AvgIpc) is 3.00. The van der Waals surface area contributed by atoms with Crippen LogP contribution < -0.4 is 14.4 Å². The van der Waals surface area contributed by atoms with E-state index in [1.54, 1.807) is 24.0 Å². The maximum atomic E-state index is 13.1. The second-order valence-electron chi connectivity index (χ2n) is 6.43. The van der Waals surface area contributed by atoms with Gasteiger partial charge in [-0.2, -0.15) is 0 Å². The molecule has 3 rings (SSSR count). The van der Waals surface area contributed by atoms with Gasteiger partial charge in [0.2, 0.25) is 0 Å². The van der Waals surface area contributed by atoms with Crippen LogP contribution >= 0.6 is 46.6 Å². The number of methoxy groups -OCH3 is 1. The normalized spacial score (nSPS) is 14.8. The highest BCUT2D eigenvalue weighted by Gasteiger charge is 2.34. The molecule has 1 amide bonds. The Hall–Kier alpha value is -2.11. The number of anilines is 1. The standard InChI is InChI=1S/C22H20INO5S2/c1-4-28-19(25)12-29-20-15(23)9-14(10-17(20)27-3)11-18-21(26)24(22(30)31-18)16-8-6-5-7-13(16)2/h5-11H,4,12H2,1-3H3/b18-11+. The molecule has 1 saturated heterocycles. The summed E-state index contributed by atoms with van der Waals surface area (Å²) in [6.45, 7) is 3.75. The van der Waals surface area contributed by atoms with Gasteiger partial charge in [0.25, 0.3) is 5.91 Å². The van der Waals surface area contributed by atoms with E-state index in [-0.39, 0.29) is 19.1 Å². The zero-order valence-corrected chi connectivity index (χ0v) is 20.9. The van der Waals surface area contributed by atoms with Crippen molar-refractivity contribution < 1.29 is 23.8 Å². The van der Waals surface area contributed by atoms with Gasteiger partial charge in [-0.1, -0.05) is 42.2 Å². The molecule has 1 fully saturated rings. The molecule has 2 aromatic carbocycles. The highest BCUT2D eigenvalue weighted by Crippen LogP contribution is 2.39. The Kier molecular flexibility index (Phi) is 7.95. The van der Waals surface area contributed by atoms with Crippen molar-refractivity contribution in [2.75, 3.05) is 25.2 Å². The molecule has 0 radical (unpaired) electrons. The first-order valence-corrected chi connectivity index (χ1v) is 11.7. The van der Waals surface area contributed by atoms with Crippen molar-refractivity contribution in [3.63, 3.8) is 0 Å². The minimum atomic E-state index is -0.454. The lowest BCUT2D eigenvalue weighted by Crippen LogP contribution is -2.28. The van der Waals surface area contributed by atoms with Crippen LogP contribution in [0.1, 0.15) is 18.1 Å². The number of thiocarbonyl (C=S) groups is 1.